The van der Waals surface area contributed by atoms with Gasteiger partial charge in [0.15, 0.2) is 0 Å². The van der Waals surface area contributed by atoms with Gasteiger partial charge in [-0.25, -0.2) is 8.42 Å². The first-order valence-corrected chi connectivity index (χ1v) is 10.3. The molecule has 1 N–H and O–H groups in total. The van der Waals surface area contributed by atoms with Gasteiger partial charge in [-0.05, 0) is 36.4 Å². The van der Waals surface area contributed by atoms with Crippen LogP contribution in [0.3, 0.4) is 0 Å². The highest BCUT2D eigenvalue weighted by molar-refractivity contribution is 7.94. The summed E-state index contributed by atoms with van der Waals surface area (Å²) in [6.45, 7) is 0. The van der Waals surface area contributed by atoms with Gasteiger partial charge in [0.05, 0.1) is 21.0 Å². The third-order valence-electron chi connectivity index (χ3n) is 3.22. The highest BCUT2D eigenvalue weighted by Crippen LogP contribution is 2.32. The van der Waals surface area contributed by atoms with Gasteiger partial charge >= 0.3 is 0 Å². The fourth-order valence-electron chi connectivity index (χ4n) is 2.09. The minimum Gasteiger partial charge on any atom is -0.457 e. The number of thiophene rings is 1. The van der Waals surface area contributed by atoms with Crippen molar-refractivity contribution in [1.29, 1.82) is 0 Å². The number of sulfonamides is 1. The number of anilines is 1. The first-order chi connectivity index (χ1) is 12.7. The van der Waals surface area contributed by atoms with Crippen LogP contribution in [0.4, 0.5) is 11.4 Å². The summed E-state index contributed by atoms with van der Waals surface area (Å²) in [5.74, 6) is 0.479. The van der Waals surface area contributed by atoms with Crippen molar-refractivity contribution < 1.29 is 18.1 Å². The molecular weight excluding hydrogens is 435 g/mol. The number of nitrogens with one attached hydrogen (secondary N) is 1. The average molecular weight is 445 g/mol. The van der Waals surface area contributed by atoms with Gasteiger partial charge in [-0.2, -0.15) is 0 Å². The van der Waals surface area contributed by atoms with Gasteiger partial charge in [-0.1, -0.05) is 23.2 Å². The summed E-state index contributed by atoms with van der Waals surface area (Å²) in [6.07, 6.45) is 0. The number of nitro benzene ring substituents is 1. The molecule has 0 unspecified atom stereocenters. The number of hydrogen-bond acceptors (Lipinski definition) is 6. The molecule has 0 radical (unpaired) electrons. The number of benzene rings is 2. The van der Waals surface area contributed by atoms with E-state index in [0.717, 1.165) is 17.4 Å². The first-order valence-electron chi connectivity index (χ1n) is 7.24. The zero-order valence-corrected chi connectivity index (χ0v) is 16.4. The van der Waals surface area contributed by atoms with Gasteiger partial charge in [-0.3, -0.25) is 14.8 Å². The molecule has 0 aliphatic rings. The molecule has 0 saturated carbocycles. The minimum atomic E-state index is -3.94. The van der Waals surface area contributed by atoms with Crippen LogP contribution in [0, 0.1) is 10.1 Å². The van der Waals surface area contributed by atoms with Crippen LogP contribution < -0.4 is 9.46 Å². The molecule has 0 atom stereocenters. The average Bonchev–Trinajstić information content (AvgIpc) is 3.04. The Morgan fingerprint density at radius 2 is 1.70 bits per heavy atom. The number of halogens is 2. The van der Waals surface area contributed by atoms with E-state index in [4.69, 9.17) is 27.9 Å². The molecule has 0 fully saturated rings. The molecule has 3 aromatic rings. The van der Waals surface area contributed by atoms with E-state index >= 15 is 0 Å². The number of hydrogen-bond donors (Lipinski definition) is 1. The van der Waals surface area contributed by atoms with E-state index in [9.17, 15) is 18.5 Å². The summed E-state index contributed by atoms with van der Waals surface area (Å²) in [5, 5.41) is 11.7. The Balaban J connectivity index is 1.94. The standard InChI is InChI=1S/C16H10Cl2N2O5S2/c17-10-1-3-13(4-2-10)25-14-8-11(7-12(9-14)20(21)22)19-27(23,24)16-6-5-15(18)26-16/h1-9,19H. The van der Waals surface area contributed by atoms with Crippen molar-refractivity contribution in [3.05, 3.63) is 74.1 Å². The quantitative estimate of drug-likeness (QED) is 0.396. The van der Waals surface area contributed by atoms with Crippen LogP contribution in [0.2, 0.25) is 9.36 Å². The summed E-state index contributed by atoms with van der Waals surface area (Å²) in [6, 6.07) is 12.8. The van der Waals surface area contributed by atoms with E-state index in [0.29, 0.717) is 15.1 Å². The lowest BCUT2D eigenvalue weighted by Gasteiger charge is -2.10. The molecule has 140 valence electrons. The molecule has 0 saturated heterocycles. The number of nitro groups is 1. The molecule has 3 rings (SSSR count). The second-order valence-electron chi connectivity index (χ2n) is 5.19. The SMILES string of the molecule is O=[N+]([O-])c1cc(NS(=O)(=O)c2ccc(Cl)s2)cc(Oc2ccc(Cl)cc2)c1. The summed E-state index contributed by atoms with van der Waals surface area (Å²) >= 11 is 12.4. The zero-order chi connectivity index (χ0) is 19.6. The van der Waals surface area contributed by atoms with E-state index in [1.165, 1.54) is 24.3 Å². The van der Waals surface area contributed by atoms with Crippen molar-refractivity contribution in [2.45, 2.75) is 4.21 Å². The Labute approximate surface area is 168 Å². The van der Waals surface area contributed by atoms with Crippen molar-refractivity contribution in [3.8, 4) is 11.5 Å². The molecular formula is C16H10Cl2N2O5S2. The Morgan fingerprint density at radius 1 is 1.00 bits per heavy atom. The number of nitrogens with zero attached hydrogens (tertiary/aromatic N) is 1. The van der Waals surface area contributed by atoms with Crippen molar-refractivity contribution in [3.63, 3.8) is 0 Å². The molecule has 1 heterocycles. The van der Waals surface area contributed by atoms with Crippen molar-refractivity contribution in [2.24, 2.45) is 0 Å². The fourth-order valence-corrected chi connectivity index (χ4v) is 4.74. The lowest BCUT2D eigenvalue weighted by molar-refractivity contribution is -0.384. The molecule has 0 aliphatic carbocycles. The van der Waals surface area contributed by atoms with Crippen LogP contribution in [0.15, 0.2) is 58.8 Å². The van der Waals surface area contributed by atoms with E-state index in [-0.39, 0.29) is 21.3 Å². The number of non-ortho nitro benzene ring substituents is 1. The maximum Gasteiger partial charge on any atom is 0.275 e. The lowest BCUT2D eigenvalue weighted by atomic mass is 10.2. The van der Waals surface area contributed by atoms with Crippen molar-refractivity contribution in [2.75, 3.05) is 4.72 Å². The first kappa shape index (κ1) is 19.4. The van der Waals surface area contributed by atoms with Crippen LogP contribution in [-0.4, -0.2) is 13.3 Å². The Bertz CT molecular complexity index is 1100. The van der Waals surface area contributed by atoms with Crippen LogP contribution >= 0.6 is 34.5 Å². The van der Waals surface area contributed by atoms with Gasteiger partial charge in [0.2, 0.25) is 0 Å². The zero-order valence-electron chi connectivity index (χ0n) is 13.3. The second-order valence-corrected chi connectivity index (χ2v) is 9.25. The molecule has 0 aliphatic heterocycles. The van der Waals surface area contributed by atoms with E-state index < -0.39 is 14.9 Å². The highest BCUT2D eigenvalue weighted by atomic mass is 35.5. The number of ether oxygens (including phenoxy) is 1. The third kappa shape index (κ3) is 4.89. The van der Waals surface area contributed by atoms with Gasteiger partial charge in [-0.15, -0.1) is 11.3 Å². The monoisotopic (exact) mass is 444 g/mol. The smallest absolute Gasteiger partial charge is 0.275 e. The van der Waals surface area contributed by atoms with Gasteiger partial charge in [0.25, 0.3) is 15.7 Å². The van der Waals surface area contributed by atoms with Crippen LogP contribution in [0.1, 0.15) is 0 Å². The topological polar surface area (TPSA) is 98.5 Å². The van der Waals surface area contributed by atoms with E-state index in [2.05, 4.69) is 4.72 Å². The van der Waals surface area contributed by atoms with Crippen molar-refractivity contribution >= 4 is 55.9 Å². The lowest BCUT2D eigenvalue weighted by Crippen LogP contribution is -2.11. The van der Waals surface area contributed by atoms with Gasteiger partial charge in [0.1, 0.15) is 15.7 Å². The predicted octanol–water partition coefficient (Wildman–Crippen LogP) is 5.56. The third-order valence-corrected chi connectivity index (χ3v) is 6.57. The number of rotatable bonds is 6. The molecule has 2 aromatic carbocycles. The Hall–Kier alpha value is -2.33. The Kier molecular flexibility index (Phi) is 5.56. The predicted molar refractivity (Wildman–Crippen MR) is 105 cm³/mol. The maximum atomic E-state index is 12.4. The fraction of sp³-hybridized carbons (Fsp3) is 0. The molecule has 0 amide bonds. The van der Waals surface area contributed by atoms with E-state index in [1.807, 2.05) is 0 Å². The Morgan fingerprint density at radius 3 is 2.30 bits per heavy atom. The van der Waals surface area contributed by atoms with E-state index in [1.54, 1.807) is 24.3 Å². The molecule has 1 aromatic heterocycles. The van der Waals surface area contributed by atoms with Crippen LogP contribution in [0.25, 0.3) is 0 Å². The van der Waals surface area contributed by atoms with Gasteiger partial charge in [0, 0.05) is 17.2 Å². The summed E-state index contributed by atoms with van der Waals surface area (Å²) in [5.41, 5.74) is -0.346. The van der Waals surface area contributed by atoms with Gasteiger partial charge < -0.3 is 4.74 Å². The molecule has 27 heavy (non-hydrogen) atoms. The normalized spacial score (nSPS) is 11.2. The largest absolute Gasteiger partial charge is 0.457 e. The summed E-state index contributed by atoms with van der Waals surface area (Å²) < 4.78 is 33.0. The van der Waals surface area contributed by atoms with Crippen molar-refractivity contribution in [1.82, 2.24) is 0 Å². The molecule has 0 spiro atoms. The summed E-state index contributed by atoms with van der Waals surface area (Å²) in [4.78, 5) is 10.5. The molecule has 0 bridgehead atoms. The molecule has 7 nitrogen and oxygen atoms in total. The second kappa shape index (κ2) is 7.73. The maximum absolute atomic E-state index is 12.4. The van der Waals surface area contributed by atoms with Crippen LogP contribution in [-0.2, 0) is 10.0 Å². The molecule has 11 heteroatoms. The highest BCUT2D eigenvalue weighted by Gasteiger charge is 2.19. The summed E-state index contributed by atoms with van der Waals surface area (Å²) in [7, 11) is -3.94. The van der Waals surface area contributed by atoms with Crippen LogP contribution in [0.5, 0.6) is 11.5 Å². The minimum absolute atomic E-state index is 0.0147.